The van der Waals surface area contributed by atoms with Gasteiger partial charge in [0.25, 0.3) is 0 Å². The van der Waals surface area contributed by atoms with Crippen molar-refractivity contribution in [2.45, 2.75) is 25.4 Å². The van der Waals surface area contributed by atoms with Gasteiger partial charge in [-0.3, -0.25) is 0 Å². The largest absolute Gasteiger partial charge is 0.491 e. The first-order valence-electron chi connectivity index (χ1n) is 9.48. The summed E-state index contributed by atoms with van der Waals surface area (Å²) in [4.78, 5) is 7.22. The van der Waals surface area contributed by atoms with Gasteiger partial charge in [-0.25, -0.2) is 4.98 Å². The zero-order chi connectivity index (χ0) is 18.5. The summed E-state index contributed by atoms with van der Waals surface area (Å²) < 4.78 is 6.75. The van der Waals surface area contributed by atoms with E-state index in [0.717, 1.165) is 36.0 Å². The Kier molecular flexibility index (Phi) is 5.87. The number of fused-ring (bicyclic) bond motifs is 1. The number of hydrogen-bond donors (Lipinski definition) is 2. The van der Waals surface area contributed by atoms with E-state index in [4.69, 9.17) is 14.8 Å². The molecule has 2 heterocycles. The van der Waals surface area contributed by atoms with Crippen molar-refractivity contribution in [2.24, 2.45) is 0 Å². The molecule has 1 aliphatic rings. The van der Waals surface area contributed by atoms with Gasteiger partial charge >= 0.3 is 0 Å². The molecule has 6 heteroatoms. The zero-order valence-corrected chi connectivity index (χ0v) is 16.1. The van der Waals surface area contributed by atoms with Crippen LogP contribution in [0.4, 0.5) is 5.13 Å². The molecule has 1 aromatic heterocycles. The summed E-state index contributed by atoms with van der Waals surface area (Å²) in [5, 5.41) is 13.7. The first kappa shape index (κ1) is 18.2. The van der Waals surface area contributed by atoms with E-state index in [0.29, 0.717) is 12.6 Å². The van der Waals surface area contributed by atoms with Gasteiger partial charge in [-0.15, -0.1) is 0 Å². The third kappa shape index (κ3) is 4.58. The second-order valence-corrected chi connectivity index (χ2v) is 7.86. The summed E-state index contributed by atoms with van der Waals surface area (Å²) in [6.07, 6.45) is 2.36. The van der Waals surface area contributed by atoms with Crippen LogP contribution in [-0.2, 0) is 6.54 Å². The van der Waals surface area contributed by atoms with Gasteiger partial charge in [-0.1, -0.05) is 35.6 Å². The van der Waals surface area contributed by atoms with Crippen LogP contribution in [0.1, 0.15) is 18.4 Å². The van der Waals surface area contributed by atoms with E-state index in [9.17, 15) is 0 Å². The lowest BCUT2D eigenvalue weighted by Crippen LogP contribution is -2.45. The van der Waals surface area contributed by atoms with Crippen molar-refractivity contribution in [1.29, 1.82) is 0 Å². The molecule has 1 fully saturated rings. The van der Waals surface area contributed by atoms with Crippen LogP contribution >= 0.6 is 11.3 Å². The molecule has 2 aromatic carbocycles. The fourth-order valence-electron chi connectivity index (χ4n) is 3.48. The van der Waals surface area contributed by atoms with Gasteiger partial charge in [0.1, 0.15) is 12.4 Å². The average molecular weight is 384 g/mol. The number of aromatic nitrogens is 1. The minimum absolute atomic E-state index is 0.0339. The van der Waals surface area contributed by atoms with Crippen LogP contribution in [0.5, 0.6) is 5.75 Å². The van der Waals surface area contributed by atoms with E-state index in [1.54, 1.807) is 11.3 Å². The number of piperidine rings is 1. The van der Waals surface area contributed by atoms with Crippen LogP contribution in [0, 0.1) is 0 Å². The first-order chi connectivity index (χ1) is 13.3. The molecule has 5 nitrogen and oxygen atoms in total. The number of hydrogen-bond acceptors (Lipinski definition) is 6. The fourth-order valence-corrected chi connectivity index (χ4v) is 4.48. The normalized spacial score (nSPS) is 17.4. The molecule has 0 spiro atoms. The van der Waals surface area contributed by atoms with Crippen molar-refractivity contribution in [3.8, 4) is 5.75 Å². The van der Waals surface area contributed by atoms with Crippen molar-refractivity contribution in [2.75, 3.05) is 31.2 Å². The number of ether oxygens (including phenoxy) is 1. The van der Waals surface area contributed by atoms with E-state index in [-0.39, 0.29) is 6.61 Å². The van der Waals surface area contributed by atoms with Crippen molar-refractivity contribution in [3.63, 3.8) is 0 Å². The van der Waals surface area contributed by atoms with Crippen LogP contribution in [0.3, 0.4) is 0 Å². The maximum Gasteiger partial charge on any atom is 0.186 e. The molecule has 1 saturated heterocycles. The monoisotopic (exact) mass is 383 g/mol. The van der Waals surface area contributed by atoms with E-state index in [2.05, 4.69) is 34.5 Å². The van der Waals surface area contributed by atoms with Gasteiger partial charge in [0, 0.05) is 25.7 Å². The summed E-state index contributed by atoms with van der Waals surface area (Å²) in [6, 6.07) is 16.9. The Hall–Kier alpha value is -2.15. The number of rotatable bonds is 7. The Morgan fingerprint density at radius 3 is 3.04 bits per heavy atom. The number of nitrogens with zero attached hydrogens (tertiary/aromatic N) is 2. The molecule has 27 heavy (non-hydrogen) atoms. The molecule has 4 rings (SSSR count). The zero-order valence-electron chi connectivity index (χ0n) is 15.3. The minimum Gasteiger partial charge on any atom is -0.491 e. The molecule has 0 saturated carbocycles. The molecule has 2 N–H and O–H groups in total. The summed E-state index contributed by atoms with van der Waals surface area (Å²) in [6.45, 7) is 3.24. The molecule has 0 amide bonds. The molecular weight excluding hydrogens is 358 g/mol. The lowest BCUT2D eigenvalue weighted by molar-refractivity contribution is 0.201. The van der Waals surface area contributed by atoms with Gasteiger partial charge in [-0.05, 0) is 42.7 Å². The Bertz CT molecular complexity index is 849. The highest BCUT2D eigenvalue weighted by Crippen LogP contribution is 2.30. The SMILES string of the molecule is OCCOc1cccc(CN[C@@H]2CCCN(c3nc4ccccc4s3)C2)c1. The lowest BCUT2D eigenvalue weighted by atomic mass is 10.1. The fraction of sp³-hybridized carbons (Fsp3) is 0.381. The molecule has 1 aliphatic heterocycles. The number of nitrogens with one attached hydrogen (secondary N) is 1. The van der Waals surface area contributed by atoms with Gasteiger partial charge in [0.05, 0.1) is 16.8 Å². The second kappa shape index (κ2) is 8.69. The number of benzene rings is 2. The Morgan fingerprint density at radius 1 is 1.22 bits per heavy atom. The molecule has 3 aromatic rings. The Labute approximate surface area is 163 Å². The number of aliphatic hydroxyl groups is 1. The molecule has 1 atom stereocenters. The highest BCUT2D eigenvalue weighted by atomic mass is 32.1. The van der Waals surface area contributed by atoms with Crippen LogP contribution in [-0.4, -0.2) is 42.4 Å². The van der Waals surface area contributed by atoms with Gasteiger partial charge < -0.3 is 20.1 Å². The number of aliphatic hydroxyl groups excluding tert-OH is 1. The van der Waals surface area contributed by atoms with Crippen LogP contribution in [0.15, 0.2) is 48.5 Å². The first-order valence-corrected chi connectivity index (χ1v) is 10.3. The number of anilines is 1. The standard InChI is InChI=1S/C21H25N3O2S/c25-11-12-26-18-7-3-5-16(13-18)14-22-17-6-4-10-24(15-17)21-23-19-8-1-2-9-20(19)27-21/h1-3,5,7-9,13,17,22,25H,4,6,10-12,14-15H2/t17-/m1/s1. The summed E-state index contributed by atoms with van der Waals surface area (Å²) in [5.74, 6) is 0.808. The predicted octanol–water partition coefficient (Wildman–Crippen LogP) is 3.43. The summed E-state index contributed by atoms with van der Waals surface area (Å²) in [5.41, 5.74) is 2.29. The topological polar surface area (TPSA) is 57.6 Å². The quantitative estimate of drug-likeness (QED) is 0.655. The molecule has 0 unspecified atom stereocenters. The van der Waals surface area contributed by atoms with Gasteiger partial charge in [0.15, 0.2) is 5.13 Å². The summed E-state index contributed by atoms with van der Waals surface area (Å²) in [7, 11) is 0. The van der Waals surface area contributed by atoms with E-state index in [1.165, 1.54) is 23.1 Å². The molecule has 142 valence electrons. The Balaban J connectivity index is 1.36. The average Bonchev–Trinajstić information content (AvgIpc) is 3.16. The lowest BCUT2D eigenvalue weighted by Gasteiger charge is -2.33. The maximum atomic E-state index is 8.89. The Morgan fingerprint density at radius 2 is 2.15 bits per heavy atom. The van der Waals surface area contributed by atoms with Crippen LogP contribution < -0.4 is 15.0 Å². The van der Waals surface area contributed by atoms with Gasteiger partial charge in [-0.2, -0.15) is 0 Å². The van der Waals surface area contributed by atoms with Crippen LogP contribution in [0.2, 0.25) is 0 Å². The molecule has 0 radical (unpaired) electrons. The molecule has 0 bridgehead atoms. The third-order valence-corrected chi connectivity index (χ3v) is 5.93. The third-order valence-electron chi connectivity index (χ3n) is 4.83. The minimum atomic E-state index is 0.0339. The number of thiazole rings is 1. The molecular formula is C21H25N3O2S. The number of para-hydroxylation sites is 1. The van der Waals surface area contributed by atoms with E-state index in [1.807, 2.05) is 24.3 Å². The summed E-state index contributed by atoms with van der Waals surface area (Å²) >= 11 is 1.78. The van der Waals surface area contributed by atoms with Crippen molar-refractivity contribution < 1.29 is 9.84 Å². The maximum absolute atomic E-state index is 8.89. The smallest absolute Gasteiger partial charge is 0.186 e. The second-order valence-electron chi connectivity index (χ2n) is 6.85. The highest BCUT2D eigenvalue weighted by Gasteiger charge is 2.22. The molecule has 0 aliphatic carbocycles. The highest BCUT2D eigenvalue weighted by molar-refractivity contribution is 7.22. The van der Waals surface area contributed by atoms with Crippen molar-refractivity contribution >= 4 is 26.7 Å². The van der Waals surface area contributed by atoms with E-state index >= 15 is 0 Å². The predicted molar refractivity (Wildman–Crippen MR) is 111 cm³/mol. The van der Waals surface area contributed by atoms with E-state index < -0.39 is 0 Å². The van der Waals surface area contributed by atoms with Crippen molar-refractivity contribution in [1.82, 2.24) is 10.3 Å². The van der Waals surface area contributed by atoms with Gasteiger partial charge in [0.2, 0.25) is 0 Å². The van der Waals surface area contributed by atoms with Crippen molar-refractivity contribution in [3.05, 3.63) is 54.1 Å². The van der Waals surface area contributed by atoms with Crippen LogP contribution in [0.25, 0.3) is 10.2 Å².